The number of benzene rings is 2. The van der Waals surface area contributed by atoms with Gasteiger partial charge in [0.25, 0.3) is 11.7 Å². The number of phenols is 2. The molecule has 5 bridgehead atoms. The third-order valence-corrected chi connectivity index (χ3v) is 15.1. The molecule has 18 heteroatoms. The molecule has 2 saturated heterocycles. The van der Waals surface area contributed by atoms with E-state index < -0.39 is 94.7 Å². The summed E-state index contributed by atoms with van der Waals surface area (Å²) in [6, 6.07) is 0. The number of carbonyl (C=O) groups is 4. The molecule has 1 unspecified atom stereocenters. The molecule has 1 spiro atoms. The number of aliphatic hydroxyl groups excluding tert-OH is 2. The molecule has 5 N–H and O–H groups in total. The van der Waals surface area contributed by atoms with Gasteiger partial charge in [0, 0.05) is 99.8 Å². The number of terminal acetylenes is 2. The van der Waals surface area contributed by atoms with Crippen molar-refractivity contribution in [2.75, 3.05) is 52.2 Å². The summed E-state index contributed by atoms with van der Waals surface area (Å²) in [5.74, 6) is -4.52. The molecule has 0 saturated carbocycles. The van der Waals surface area contributed by atoms with Crippen LogP contribution in [0.5, 0.6) is 17.2 Å². The van der Waals surface area contributed by atoms with E-state index in [0.29, 0.717) is 38.4 Å². The second-order valence-electron chi connectivity index (χ2n) is 21.0. The summed E-state index contributed by atoms with van der Waals surface area (Å²) < 4.78 is 29.9. The van der Waals surface area contributed by atoms with Crippen LogP contribution in [0, 0.1) is 61.2 Å². The average molecular weight is 1020 g/mol. The number of aromatic hydroxyl groups is 2. The molecule has 2 aromatic rings. The number of methoxy groups -OCH3 is 1. The van der Waals surface area contributed by atoms with Gasteiger partial charge in [-0.25, -0.2) is 4.99 Å². The van der Waals surface area contributed by atoms with Gasteiger partial charge in [-0.15, -0.1) is 12.8 Å². The molecule has 0 aliphatic carbocycles. The summed E-state index contributed by atoms with van der Waals surface area (Å²) in [6.45, 7) is 15.9. The number of phenolic OH excluding ortho intramolecular Hbond substituents is 2. The van der Waals surface area contributed by atoms with Crippen LogP contribution in [0.15, 0.2) is 46.1 Å². The molecule has 2 fully saturated rings. The van der Waals surface area contributed by atoms with Crippen LogP contribution in [0.1, 0.15) is 96.0 Å². The van der Waals surface area contributed by atoms with Gasteiger partial charge in [-0.2, -0.15) is 0 Å². The second-order valence-corrected chi connectivity index (χ2v) is 21.0. The number of nitrogens with one attached hydrogen (secondary N) is 1. The summed E-state index contributed by atoms with van der Waals surface area (Å²) in [7, 11) is 3.29. The maximum Gasteiger partial charge on any atom is 0.383 e. The summed E-state index contributed by atoms with van der Waals surface area (Å²) in [6.07, 6.45) is 16.0. The van der Waals surface area contributed by atoms with E-state index in [-0.39, 0.29) is 75.0 Å². The van der Waals surface area contributed by atoms with Gasteiger partial charge in [-0.1, -0.05) is 58.8 Å². The number of ether oxygens (including phenoxy) is 5. The topological polar surface area (TPSA) is 239 Å². The van der Waals surface area contributed by atoms with Crippen LogP contribution in [0.25, 0.3) is 10.8 Å². The van der Waals surface area contributed by atoms with Crippen LogP contribution < -0.4 is 20.8 Å². The van der Waals surface area contributed by atoms with E-state index >= 15 is 4.79 Å². The van der Waals surface area contributed by atoms with E-state index in [4.69, 9.17) is 41.5 Å². The van der Waals surface area contributed by atoms with Crippen molar-refractivity contribution in [1.29, 1.82) is 0 Å². The van der Waals surface area contributed by atoms with Crippen molar-refractivity contribution in [1.82, 2.24) is 9.80 Å². The minimum absolute atomic E-state index is 0.0277. The third-order valence-electron chi connectivity index (χ3n) is 15.1. The minimum Gasteiger partial charge on any atom is -0.507 e. The molecule has 0 aromatic heterocycles. The molecule has 1 amide bonds. The predicted octanol–water partition coefficient (Wildman–Crippen LogP) is 4.37. The lowest BCUT2D eigenvalue weighted by Gasteiger charge is -2.38. The molecule has 74 heavy (non-hydrogen) atoms. The van der Waals surface area contributed by atoms with Gasteiger partial charge in [0.2, 0.25) is 0 Å². The van der Waals surface area contributed by atoms with Gasteiger partial charge < -0.3 is 59.2 Å². The fourth-order valence-corrected chi connectivity index (χ4v) is 10.7. The summed E-state index contributed by atoms with van der Waals surface area (Å²) >= 11 is 0. The van der Waals surface area contributed by atoms with Crippen molar-refractivity contribution in [2.24, 2.45) is 39.6 Å². The number of allylic oxidation sites excluding steroid dienone is 2. The molecule has 6 heterocycles. The Balaban J connectivity index is 1.30. The second kappa shape index (κ2) is 22.7. The number of fused-ring (bicyclic) bond motifs is 13. The van der Waals surface area contributed by atoms with Crippen LogP contribution in [0.2, 0.25) is 0 Å². The van der Waals surface area contributed by atoms with E-state index in [2.05, 4.69) is 45.8 Å². The van der Waals surface area contributed by atoms with Gasteiger partial charge in [0.1, 0.15) is 40.1 Å². The largest absolute Gasteiger partial charge is 0.507 e. The molecular formula is C56H71N5O13. The van der Waals surface area contributed by atoms with Crippen LogP contribution in [0.3, 0.4) is 0 Å². The predicted molar refractivity (Wildman–Crippen MR) is 274 cm³/mol. The molecule has 10 atom stereocenters. The SMILES string of the molecule is C#C[C@H]1[C@@H](OC(=O)CCCC(=O)OC2CCN(C)C2)[C@H](C)[C@H](O)[C@H](C)[C@@H](O)[C@@H](C)/C=C/C=C(/C)C(=O)N=c2c(O)c3c(O)c(C)c4c(c3c3c2=NC2(CCN(CC(C)C)CC2)N3)C(=O)[C@@](C#C)(O/C=C/[C@@H]1OC)O4. The first-order valence-corrected chi connectivity index (χ1v) is 25.5. The Morgan fingerprint density at radius 1 is 0.959 bits per heavy atom. The molecule has 6 aliphatic rings. The molecule has 0 radical (unpaired) electrons. The lowest BCUT2D eigenvalue weighted by Crippen LogP contribution is -2.47. The maximum absolute atomic E-state index is 15.0. The normalized spacial score (nSPS) is 31.0. The number of rotatable bonds is 9. The standard InChI is InChI=1S/C56H71N5O13/c1-12-37-38(70-11)21-27-71-56(13-2)53(68)43-41-42(49(66)35(9)52(43)74-56)50(67)46(45-44(41)58-55(59-45)22-25-61(26-23-55)28-30(3)4)57-54(69)32(6)17-14-16-31(5)47(64)33(7)48(65)34(8)51(37)73-40(63)19-15-18-39(62)72-36-20-24-60(10)29-36/h1-2,14,16-17,21,27,30-31,33-34,36-38,47-48,51,58,64-67H,15,18-20,22-26,28-29H2,3-11H3/b16-14+,27-21+,32-17-,57-46?/t31-,33+,34+,36?,37+,38-,47-,48+,51-,56-/m0/s1. The Labute approximate surface area is 432 Å². The van der Waals surface area contributed by atoms with Gasteiger partial charge in [0.15, 0.2) is 5.75 Å². The lowest BCUT2D eigenvalue weighted by atomic mass is 9.78. The summed E-state index contributed by atoms with van der Waals surface area (Å²) in [4.78, 5) is 69.3. The van der Waals surface area contributed by atoms with Crippen molar-refractivity contribution in [3.8, 4) is 41.9 Å². The van der Waals surface area contributed by atoms with Crippen LogP contribution in [-0.2, 0) is 33.3 Å². The number of piperidine rings is 1. The number of Topliss-reactive ketones (excluding diaryl/α,β-unsaturated/α-hetero) is 1. The first kappa shape index (κ1) is 55.5. The fourth-order valence-electron chi connectivity index (χ4n) is 10.7. The minimum atomic E-state index is -2.49. The van der Waals surface area contributed by atoms with Crippen molar-refractivity contribution in [3.63, 3.8) is 0 Å². The highest BCUT2D eigenvalue weighted by Crippen LogP contribution is 2.51. The van der Waals surface area contributed by atoms with Gasteiger partial charge >= 0.3 is 17.7 Å². The zero-order valence-corrected chi connectivity index (χ0v) is 43.8. The van der Waals surface area contributed by atoms with Gasteiger partial charge in [-0.3, -0.25) is 24.2 Å². The van der Waals surface area contributed by atoms with E-state index in [9.17, 15) is 34.8 Å². The van der Waals surface area contributed by atoms with Crippen LogP contribution in [0.4, 0.5) is 5.69 Å². The van der Waals surface area contributed by atoms with Crippen molar-refractivity contribution < 1.29 is 63.3 Å². The zero-order valence-electron chi connectivity index (χ0n) is 43.8. The Morgan fingerprint density at radius 3 is 2.27 bits per heavy atom. The Bertz CT molecular complexity index is 2840. The number of carbonyl (C=O) groups excluding carboxylic acids is 4. The monoisotopic (exact) mass is 1020 g/mol. The number of esters is 2. The highest BCUT2D eigenvalue weighted by Gasteiger charge is 2.53. The fraction of sp³-hybridized carbons (Fsp3) is 0.571. The lowest BCUT2D eigenvalue weighted by molar-refractivity contribution is -0.161. The average Bonchev–Trinajstić information content (AvgIpc) is 4.04. The number of hydrogen-bond donors (Lipinski definition) is 5. The number of nitrogens with zero attached hydrogens (tertiary/aromatic N) is 4. The highest BCUT2D eigenvalue weighted by atomic mass is 16.7. The van der Waals surface area contributed by atoms with Gasteiger partial charge in [0.05, 0.1) is 47.1 Å². The zero-order chi connectivity index (χ0) is 54.0. The third kappa shape index (κ3) is 11.1. The number of ketones is 1. The number of anilines is 1. The maximum atomic E-state index is 15.0. The van der Waals surface area contributed by atoms with E-state index in [1.165, 1.54) is 33.1 Å². The van der Waals surface area contributed by atoms with Crippen molar-refractivity contribution in [2.45, 2.75) is 129 Å². The summed E-state index contributed by atoms with van der Waals surface area (Å²) in [5, 5.41) is 51.0. The quantitative estimate of drug-likeness (QED) is 0.133. The smallest absolute Gasteiger partial charge is 0.383 e. The number of amides is 1. The number of hydrogen-bond acceptors (Lipinski definition) is 17. The highest BCUT2D eigenvalue weighted by molar-refractivity contribution is 6.22. The Morgan fingerprint density at radius 2 is 1.65 bits per heavy atom. The molecule has 398 valence electrons. The molecule has 8 rings (SSSR count). The van der Waals surface area contributed by atoms with Crippen molar-refractivity contribution >= 4 is 40.1 Å². The van der Waals surface area contributed by atoms with E-state index in [0.717, 1.165) is 25.8 Å². The van der Waals surface area contributed by atoms with Crippen molar-refractivity contribution in [3.05, 3.63) is 58.0 Å². The van der Waals surface area contributed by atoms with E-state index in [1.807, 2.05) is 7.05 Å². The molecule has 18 nitrogen and oxygen atoms in total. The molecular weight excluding hydrogens is 951 g/mol. The first-order chi connectivity index (χ1) is 35.1. The van der Waals surface area contributed by atoms with Gasteiger partial charge in [-0.05, 0) is 51.7 Å². The number of likely N-dealkylation sites (tertiary alicyclic amines) is 2. The molecule has 6 aliphatic heterocycles. The summed E-state index contributed by atoms with van der Waals surface area (Å²) in [5.41, 5.74) is -0.656. The Hall–Kier alpha value is -6.28. The van der Waals surface area contributed by atoms with Crippen LogP contribution >= 0.6 is 0 Å². The van der Waals surface area contributed by atoms with E-state index in [1.54, 1.807) is 32.9 Å². The number of aliphatic hydroxyl groups is 2. The number of likely N-dealkylation sites (N-methyl/N-ethyl adjacent to an activating group) is 1. The van der Waals surface area contributed by atoms with Crippen LogP contribution in [-0.4, -0.2) is 143 Å². The Kier molecular flexibility index (Phi) is 17.0. The first-order valence-electron chi connectivity index (χ1n) is 25.5. The molecule has 2 aromatic carbocycles.